The third-order valence-corrected chi connectivity index (χ3v) is 5.22. The Morgan fingerprint density at radius 1 is 1.23 bits per heavy atom. The minimum Gasteiger partial charge on any atom is -0.355 e. The van der Waals surface area contributed by atoms with E-state index in [1.807, 2.05) is 6.92 Å². The molecule has 3 heterocycles. The van der Waals surface area contributed by atoms with Crippen molar-refractivity contribution in [2.45, 2.75) is 58.9 Å². The normalized spacial score (nSPS) is 23.4. The molecule has 2 aromatic heterocycles. The highest BCUT2D eigenvalue weighted by Crippen LogP contribution is 2.32. The van der Waals surface area contributed by atoms with Crippen molar-refractivity contribution in [3.05, 3.63) is 11.5 Å². The van der Waals surface area contributed by atoms with Crippen LogP contribution in [0.3, 0.4) is 0 Å². The van der Waals surface area contributed by atoms with Gasteiger partial charge < -0.3 is 14.7 Å². The van der Waals surface area contributed by atoms with Crippen molar-refractivity contribution in [3.63, 3.8) is 0 Å². The minimum absolute atomic E-state index is 0.0757. The summed E-state index contributed by atoms with van der Waals surface area (Å²) in [7, 11) is 0. The molecule has 7 heteroatoms. The number of rotatable bonds is 5. The fourth-order valence-electron chi connectivity index (χ4n) is 3.94. The second-order valence-corrected chi connectivity index (χ2v) is 8.10. The molecule has 1 N–H and O–H groups in total. The molecule has 0 aromatic carbocycles. The predicted molar refractivity (Wildman–Crippen MR) is 99.0 cm³/mol. The summed E-state index contributed by atoms with van der Waals surface area (Å²) in [5.41, 5.74) is 1.34. The lowest BCUT2D eigenvalue weighted by Crippen LogP contribution is -2.39. The summed E-state index contributed by atoms with van der Waals surface area (Å²) in [5.74, 6) is 2.88. The summed E-state index contributed by atoms with van der Waals surface area (Å²) >= 11 is 0. The first-order valence-electron chi connectivity index (χ1n) is 9.66. The molecule has 1 saturated heterocycles. The van der Waals surface area contributed by atoms with Crippen LogP contribution in [0.5, 0.6) is 0 Å². The molecule has 1 aliphatic heterocycles. The summed E-state index contributed by atoms with van der Waals surface area (Å²) in [4.78, 5) is 23.7. The molecule has 0 spiro atoms. The Balaban J connectivity index is 1.59. The molecule has 2 fully saturated rings. The molecule has 1 saturated carbocycles. The van der Waals surface area contributed by atoms with Gasteiger partial charge in [0.2, 0.25) is 5.91 Å². The van der Waals surface area contributed by atoms with Crippen LogP contribution in [-0.4, -0.2) is 40.2 Å². The highest BCUT2D eigenvalue weighted by atomic mass is 16.5. The molecule has 2 atom stereocenters. The van der Waals surface area contributed by atoms with Crippen molar-refractivity contribution in [1.82, 2.24) is 20.4 Å². The minimum atomic E-state index is 0.0757. The van der Waals surface area contributed by atoms with Gasteiger partial charge in [0.15, 0.2) is 0 Å². The van der Waals surface area contributed by atoms with Crippen molar-refractivity contribution in [3.8, 4) is 0 Å². The largest absolute Gasteiger partial charge is 0.355 e. The lowest BCUT2D eigenvalue weighted by atomic mass is 9.92. The molecule has 0 bridgehead atoms. The van der Waals surface area contributed by atoms with Gasteiger partial charge in [-0.1, -0.05) is 19.0 Å². The number of aryl methyl sites for hydroxylation is 2. The third kappa shape index (κ3) is 3.66. The Kier molecular flexibility index (Phi) is 4.54. The van der Waals surface area contributed by atoms with Gasteiger partial charge in [-0.15, -0.1) is 0 Å². The van der Waals surface area contributed by atoms with Gasteiger partial charge in [0.25, 0.3) is 5.71 Å². The predicted octanol–water partition coefficient (Wildman–Crippen LogP) is 2.62. The van der Waals surface area contributed by atoms with E-state index in [-0.39, 0.29) is 5.91 Å². The molecule has 1 amide bonds. The number of carbonyl (C=O) groups is 1. The van der Waals surface area contributed by atoms with Crippen LogP contribution in [-0.2, 0) is 11.2 Å². The van der Waals surface area contributed by atoms with E-state index >= 15 is 0 Å². The first kappa shape index (κ1) is 17.2. The highest BCUT2D eigenvalue weighted by molar-refractivity contribution is 5.88. The molecule has 7 nitrogen and oxygen atoms in total. The quantitative estimate of drug-likeness (QED) is 0.885. The lowest BCUT2D eigenvalue weighted by Gasteiger charge is -2.36. The van der Waals surface area contributed by atoms with Gasteiger partial charge in [0.05, 0.1) is 5.69 Å². The molecule has 4 rings (SSSR count). The van der Waals surface area contributed by atoms with Crippen molar-refractivity contribution in [2.24, 2.45) is 11.8 Å². The van der Waals surface area contributed by atoms with Crippen LogP contribution in [0.25, 0.3) is 11.1 Å². The van der Waals surface area contributed by atoms with E-state index in [1.165, 1.54) is 6.42 Å². The summed E-state index contributed by atoms with van der Waals surface area (Å²) in [6, 6.07) is 0.384. The van der Waals surface area contributed by atoms with Gasteiger partial charge in [-0.2, -0.15) is 4.98 Å². The first-order chi connectivity index (χ1) is 12.5. The molecule has 1 aliphatic carbocycles. The average Bonchev–Trinajstić information content (AvgIpc) is 3.32. The van der Waals surface area contributed by atoms with Crippen molar-refractivity contribution in [1.29, 1.82) is 0 Å². The zero-order chi connectivity index (χ0) is 18.3. The zero-order valence-corrected chi connectivity index (χ0v) is 15.8. The Bertz CT molecular complexity index is 804. The van der Waals surface area contributed by atoms with Crippen molar-refractivity contribution >= 4 is 22.8 Å². The first-order valence-corrected chi connectivity index (χ1v) is 9.66. The van der Waals surface area contributed by atoms with E-state index in [0.29, 0.717) is 42.3 Å². The standard InChI is InChI=1S/C19H27N5O2/c1-11-8-12(2)10-24(9-11)18-17-13(3)23-26-19(17)22-15(21-18)6-7-16(25)20-14-4-5-14/h11-12,14H,4-10H2,1-3H3,(H,20,25)/t11-,12-/m0/s1. The number of anilines is 1. The second-order valence-electron chi connectivity index (χ2n) is 8.10. The number of nitrogens with zero attached hydrogens (tertiary/aromatic N) is 4. The summed E-state index contributed by atoms with van der Waals surface area (Å²) in [6.07, 6.45) is 4.35. The van der Waals surface area contributed by atoms with Crippen LogP contribution in [0.15, 0.2) is 4.52 Å². The van der Waals surface area contributed by atoms with Crippen LogP contribution >= 0.6 is 0 Å². The molecule has 2 aromatic rings. The fraction of sp³-hybridized carbons (Fsp3) is 0.684. The van der Waals surface area contributed by atoms with Crippen LogP contribution in [0.4, 0.5) is 5.82 Å². The van der Waals surface area contributed by atoms with Crippen LogP contribution in [0, 0.1) is 18.8 Å². The number of aromatic nitrogens is 3. The number of piperidine rings is 1. The topological polar surface area (TPSA) is 84.1 Å². The van der Waals surface area contributed by atoms with Crippen molar-refractivity contribution in [2.75, 3.05) is 18.0 Å². The molecule has 0 unspecified atom stereocenters. The Labute approximate surface area is 153 Å². The van der Waals surface area contributed by atoms with Gasteiger partial charge in [0.1, 0.15) is 17.0 Å². The van der Waals surface area contributed by atoms with E-state index in [9.17, 15) is 4.79 Å². The summed E-state index contributed by atoms with van der Waals surface area (Å²) in [5, 5.41) is 8.00. The Morgan fingerprint density at radius 3 is 2.65 bits per heavy atom. The van der Waals surface area contributed by atoms with Crippen LogP contribution in [0.1, 0.15) is 51.0 Å². The molecule has 0 radical (unpaired) electrons. The van der Waals surface area contributed by atoms with E-state index in [1.54, 1.807) is 0 Å². The lowest BCUT2D eigenvalue weighted by molar-refractivity contribution is -0.121. The fourth-order valence-corrected chi connectivity index (χ4v) is 3.94. The highest BCUT2D eigenvalue weighted by Gasteiger charge is 2.27. The molecule has 140 valence electrons. The Hall–Kier alpha value is -2.18. The second kappa shape index (κ2) is 6.85. The van der Waals surface area contributed by atoms with Crippen LogP contribution in [0.2, 0.25) is 0 Å². The maximum absolute atomic E-state index is 12.0. The molecular weight excluding hydrogens is 330 g/mol. The molecule has 2 aliphatic rings. The number of fused-ring (bicyclic) bond motifs is 1. The maximum atomic E-state index is 12.0. The van der Waals surface area contributed by atoms with Gasteiger partial charge in [-0.3, -0.25) is 4.79 Å². The number of hydrogen-bond acceptors (Lipinski definition) is 6. The third-order valence-electron chi connectivity index (χ3n) is 5.22. The van der Waals surface area contributed by atoms with Crippen LogP contribution < -0.4 is 10.2 Å². The van der Waals surface area contributed by atoms with E-state index in [0.717, 1.165) is 42.8 Å². The van der Waals surface area contributed by atoms with E-state index in [4.69, 9.17) is 9.51 Å². The SMILES string of the molecule is Cc1noc2nc(CCC(=O)NC3CC3)nc(N3C[C@@H](C)C[C@H](C)C3)c12. The Morgan fingerprint density at radius 2 is 1.96 bits per heavy atom. The van der Waals surface area contributed by atoms with Crippen molar-refractivity contribution < 1.29 is 9.32 Å². The molecular formula is C19H27N5O2. The van der Waals surface area contributed by atoms with Gasteiger partial charge in [0, 0.05) is 32.0 Å². The number of amides is 1. The smallest absolute Gasteiger partial charge is 0.263 e. The monoisotopic (exact) mass is 357 g/mol. The number of hydrogen-bond donors (Lipinski definition) is 1. The van der Waals surface area contributed by atoms with Gasteiger partial charge in [-0.25, -0.2) is 4.98 Å². The number of nitrogens with one attached hydrogen (secondary N) is 1. The van der Waals surface area contributed by atoms with Gasteiger partial charge in [-0.05, 0) is 38.0 Å². The van der Waals surface area contributed by atoms with E-state index in [2.05, 4.69) is 34.2 Å². The summed E-state index contributed by atoms with van der Waals surface area (Å²) in [6.45, 7) is 8.44. The zero-order valence-electron chi connectivity index (χ0n) is 15.8. The average molecular weight is 357 g/mol. The van der Waals surface area contributed by atoms with E-state index < -0.39 is 0 Å². The summed E-state index contributed by atoms with van der Waals surface area (Å²) < 4.78 is 5.43. The number of carbonyl (C=O) groups excluding carboxylic acids is 1. The molecule has 26 heavy (non-hydrogen) atoms. The van der Waals surface area contributed by atoms with Gasteiger partial charge >= 0.3 is 0 Å². The maximum Gasteiger partial charge on any atom is 0.263 e.